The predicted octanol–water partition coefficient (Wildman–Crippen LogP) is 2.79. The monoisotopic (exact) mass is 524 g/mol. The molecule has 1 fully saturated rings. The second kappa shape index (κ2) is 13.4. The van der Waals surface area contributed by atoms with Crippen LogP contribution in [-0.4, -0.2) is 70.4 Å². The summed E-state index contributed by atoms with van der Waals surface area (Å²) in [5.74, 6) is 1.63. The van der Waals surface area contributed by atoms with Crippen molar-refractivity contribution in [1.82, 2.24) is 25.4 Å². The van der Waals surface area contributed by atoms with Crippen LogP contribution in [-0.2, 0) is 14.3 Å². The van der Waals surface area contributed by atoms with Gasteiger partial charge in [-0.15, -0.1) is 0 Å². The number of ether oxygens (including phenoxy) is 2. The Bertz CT molecular complexity index is 1250. The van der Waals surface area contributed by atoms with Crippen molar-refractivity contribution in [1.29, 1.82) is 0 Å². The number of hydrogen-bond donors (Lipinski definition) is 4. The molecule has 1 aliphatic rings. The number of anilines is 4. The van der Waals surface area contributed by atoms with Gasteiger partial charge in [0.05, 0.1) is 31.5 Å². The first-order valence-corrected chi connectivity index (χ1v) is 12.6. The Morgan fingerprint density at radius 3 is 2.55 bits per heavy atom. The summed E-state index contributed by atoms with van der Waals surface area (Å²) < 4.78 is 10.9. The number of hydrogen-bond acceptors (Lipinski definition) is 11. The van der Waals surface area contributed by atoms with Gasteiger partial charge in [-0.1, -0.05) is 12.8 Å². The summed E-state index contributed by atoms with van der Waals surface area (Å²) in [5.41, 5.74) is 2.75. The molecule has 0 radical (unpaired) electrons. The van der Waals surface area contributed by atoms with Crippen molar-refractivity contribution in [3.8, 4) is 5.75 Å². The first kappa shape index (κ1) is 26.9. The fourth-order valence-corrected chi connectivity index (χ4v) is 4.13. The van der Waals surface area contributed by atoms with Crippen LogP contribution in [0, 0.1) is 0 Å². The Hall–Kier alpha value is -4.10. The summed E-state index contributed by atoms with van der Waals surface area (Å²) in [6, 6.07) is 5.38. The largest absolute Gasteiger partial charge is 0.494 e. The van der Waals surface area contributed by atoms with E-state index in [-0.39, 0.29) is 12.3 Å². The van der Waals surface area contributed by atoms with Crippen LogP contribution >= 0.6 is 0 Å². The number of unbranched alkanes of at least 4 members (excludes halogenated alkanes) is 3. The Labute approximate surface area is 219 Å². The van der Waals surface area contributed by atoms with Crippen LogP contribution in [0.5, 0.6) is 5.75 Å². The van der Waals surface area contributed by atoms with Crippen molar-refractivity contribution >= 4 is 46.0 Å². The van der Waals surface area contributed by atoms with Crippen molar-refractivity contribution in [3.63, 3.8) is 0 Å². The van der Waals surface area contributed by atoms with Crippen molar-refractivity contribution < 1.29 is 24.3 Å². The maximum atomic E-state index is 12.6. The zero-order chi connectivity index (χ0) is 26.7. The predicted molar refractivity (Wildman–Crippen MR) is 141 cm³/mol. The van der Waals surface area contributed by atoms with E-state index in [1.807, 2.05) is 6.07 Å². The van der Waals surface area contributed by atoms with E-state index in [1.165, 1.54) is 13.4 Å². The highest BCUT2D eigenvalue weighted by Crippen LogP contribution is 2.33. The molecule has 0 unspecified atom stereocenters. The summed E-state index contributed by atoms with van der Waals surface area (Å²) in [6.07, 6.45) is 6.64. The molecule has 0 bridgehead atoms. The summed E-state index contributed by atoms with van der Waals surface area (Å²) >= 11 is 0. The van der Waals surface area contributed by atoms with Gasteiger partial charge < -0.3 is 25.0 Å². The standard InChI is InChI=1S/C25H32N8O5/c1-37-20-15-18-17(14-19(20)29-22(34)6-4-2-3-5-7-23(35)32-36)24(28-16-27-18)31-25-26-9-8-21(30-25)33-10-12-38-13-11-33/h8-9,14-16,36H,2-7,10-13H2,1H3,(H,29,34)(H,32,35)(H,26,27,28,30,31). The third-order valence-electron chi connectivity index (χ3n) is 6.12. The molecule has 4 rings (SSSR count). The number of benzene rings is 1. The van der Waals surface area contributed by atoms with E-state index < -0.39 is 5.91 Å². The average Bonchev–Trinajstić information content (AvgIpc) is 2.95. The molecule has 1 saturated heterocycles. The molecule has 3 heterocycles. The third kappa shape index (κ3) is 7.23. The molecule has 0 saturated carbocycles. The molecule has 1 aromatic carbocycles. The molecule has 3 aromatic rings. The molecule has 0 atom stereocenters. The Morgan fingerprint density at radius 2 is 1.82 bits per heavy atom. The summed E-state index contributed by atoms with van der Waals surface area (Å²) in [6.45, 7) is 2.83. The Morgan fingerprint density at radius 1 is 1.05 bits per heavy atom. The minimum atomic E-state index is -0.402. The lowest BCUT2D eigenvalue weighted by Crippen LogP contribution is -2.36. The van der Waals surface area contributed by atoms with E-state index in [2.05, 4.69) is 35.5 Å². The molecule has 13 heteroatoms. The number of nitrogens with one attached hydrogen (secondary N) is 3. The average molecular weight is 525 g/mol. The zero-order valence-electron chi connectivity index (χ0n) is 21.3. The van der Waals surface area contributed by atoms with Crippen LogP contribution < -0.4 is 25.8 Å². The van der Waals surface area contributed by atoms with Crippen molar-refractivity contribution in [2.75, 3.05) is 48.9 Å². The number of amides is 2. The van der Waals surface area contributed by atoms with E-state index in [1.54, 1.807) is 23.8 Å². The molecule has 4 N–H and O–H groups in total. The first-order chi connectivity index (χ1) is 18.6. The molecule has 2 aromatic heterocycles. The van der Waals surface area contributed by atoms with Gasteiger partial charge in [0.2, 0.25) is 17.8 Å². The second-order valence-corrected chi connectivity index (χ2v) is 8.75. The van der Waals surface area contributed by atoms with E-state index in [9.17, 15) is 9.59 Å². The van der Waals surface area contributed by atoms with E-state index in [4.69, 9.17) is 14.7 Å². The number of aromatic nitrogens is 4. The van der Waals surface area contributed by atoms with E-state index >= 15 is 0 Å². The van der Waals surface area contributed by atoms with Crippen molar-refractivity contribution in [3.05, 3.63) is 30.7 Å². The van der Waals surface area contributed by atoms with Crippen LogP contribution in [0.3, 0.4) is 0 Å². The number of methoxy groups -OCH3 is 1. The van der Waals surface area contributed by atoms with E-state index in [0.29, 0.717) is 66.6 Å². The quantitative estimate of drug-likeness (QED) is 0.156. The lowest BCUT2D eigenvalue weighted by molar-refractivity contribution is -0.129. The van der Waals surface area contributed by atoms with Gasteiger partial charge in [-0.3, -0.25) is 14.8 Å². The molecule has 0 spiro atoms. The van der Waals surface area contributed by atoms with Crippen LogP contribution in [0.1, 0.15) is 38.5 Å². The summed E-state index contributed by atoms with van der Waals surface area (Å²) in [5, 5.41) is 15.3. The lowest BCUT2D eigenvalue weighted by atomic mass is 10.1. The highest BCUT2D eigenvalue weighted by atomic mass is 16.5. The number of carbonyl (C=O) groups is 2. The third-order valence-corrected chi connectivity index (χ3v) is 6.12. The zero-order valence-corrected chi connectivity index (χ0v) is 21.3. The molecule has 1 aliphatic heterocycles. The van der Waals surface area contributed by atoms with Gasteiger partial charge in [-0.2, -0.15) is 4.98 Å². The highest BCUT2D eigenvalue weighted by molar-refractivity contribution is 5.99. The maximum Gasteiger partial charge on any atom is 0.243 e. The molecule has 2 amide bonds. The lowest BCUT2D eigenvalue weighted by Gasteiger charge is -2.27. The maximum absolute atomic E-state index is 12.6. The molecule has 202 valence electrons. The first-order valence-electron chi connectivity index (χ1n) is 12.6. The van der Waals surface area contributed by atoms with Crippen LogP contribution in [0.25, 0.3) is 10.9 Å². The van der Waals surface area contributed by atoms with Crippen LogP contribution in [0.4, 0.5) is 23.3 Å². The number of morpholine rings is 1. The number of fused-ring (bicyclic) bond motifs is 1. The molecule has 0 aliphatic carbocycles. The van der Waals surface area contributed by atoms with Gasteiger partial charge in [-0.05, 0) is 25.0 Å². The fourth-order valence-electron chi connectivity index (χ4n) is 4.13. The minimum absolute atomic E-state index is 0.149. The van der Waals surface area contributed by atoms with Gasteiger partial charge in [0.15, 0.2) is 0 Å². The second-order valence-electron chi connectivity index (χ2n) is 8.75. The molecular formula is C25H32N8O5. The van der Waals surface area contributed by atoms with E-state index in [0.717, 1.165) is 31.7 Å². The van der Waals surface area contributed by atoms with Gasteiger partial charge in [0.1, 0.15) is 23.7 Å². The topological polar surface area (TPSA) is 164 Å². The number of rotatable bonds is 12. The SMILES string of the molecule is COc1cc2ncnc(Nc3nccc(N4CCOCC4)n3)c2cc1NC(=O)CCCCCCC(=O)NO. The van der Waals surface area contributed by atoms with Gasteiger partial charge in [0, 0.05) is 43.6 Å². The highest BCUT2D eigenvalue weighted by Gasteiger charge is 2.16. The van der Waals surface area contributed by atoms with Crippen LogP contribution in [0.15, 0.2) is 30.7 Å². The molecular weight excluding hydrogens is 492 g/mol. The van der Waals surface area contributed by atoms with Crippen molar-refractivity contribution in [2.24, 2.45) is 0 Å². The molecule has 13 nitrogen and oxygen atoms in total. The van der Waals surface area contributed by atoms with Crippen LogP contribution in [0.2, 0.25) is 0 Å². The summed E-state index contributed by atoms with van der Waals surface area (Å²) in [7, 11) is 1.53. The molecule has 38 heavy (non-hydrogen) atoms. The number of nitrogens with zero attached hydrogens (tertiary/aromatic N) is 5. The number of carbonyl (C=O) groups excluding carboxylic acids is 2. The Kier molecular flexibility index (Phi) is 9.54. The number of hydroxylamine groups is 1. The Balaban J connectivity index is 1.44. The smallest absolute Gasteiger partial charge is 0.243 e. The van der Waals surface area contributed by atoms with Gasteiger partial charge >= 0.3 is 0 Å². The minimum Gasteiger partial charge on any atom is -0.494 e. The van der Waals surface area contributed by atoms with Gasteiger partial charge in [0.25, 0.3) is 0 Å². The summed E-state index contributed by atoms with van der Waals surface area (Å²) in [4.78, 5) is 43.5. The normalized spacial score (nSPS) is 13.3. The van der Waals surface area contributed by atoms with Crippen molar-refractivity contribution in [2.45, 2.75) is 38.5 Å². The van der Waals surface area contributed by atoms with Gasteiger partial charge in [-0.25, -0.2) is 20.4 Å². The fraction of sp³-hybridized carbons (Fsp3) is 0.440.